The fraction of sp³-hybridized carbons (Fsp3) is 0.190. The second kappa shape index (κ2) is 8.29. The standard InChI is InChI=1S/C21H17Br2ClFNO/c1-13(10-20(27)26-19-5-3-2-4-18(19)24)8-9-21(25)12-15(21)14-6-7-16(22)17(23)11-14/h2-11,15H,12H2,1H3,(H,26,27)/b9-8+,13-10+. The van der Waals surface area contributed by atoms with Crippen LogP contribution < -0.4 is 5.32 Å². The number of carbonyl (C=O) groups excluding carboxylic acids is 1. The van der Waals surface area contributed by atoms with Crippen LogP contribution in [0.15, 0.2) is 75.2 Å². The fourth-order valence-corrected chi connectivity index (χ4v) is 3.64. The average Bonchev–Trinajstić information content (AvgIpc) is 3.30. The van der Waals surface area contributed by atoms with Crippen molar-refractivity contribution in [2.24, 2.45) is 0 Å². The lowest BCUT2D eigenvalue weighted by molar-refractivity contribution is -0.111. The summed E-state index contributed by atoms with van der Waals surface area (Å²) < 4.78 is 16.8. The normalized spacial score (nSPS) is 22.1. The largest absolute Gasteiger partial charge is 0.321 e. The highest BCUT2D eigenvalue weighted by Gasteiger charge is 2.54. The van der Waals surface area contributed by atoms with Gasteiger partial charge in [0.25, 0.3) is 0 Å². The molecule has 1 amide bonds. The van der Waals surface area contributed by atoms with Gasteiger partial charge < -0.3 is 5.32 Å². The zero-order valence-corrected chi connectivity index (χ0v) is 18.4. The highest BCUT2D eigenvalue weighted by molar-refractivity contribution is 9.13. The molecule has 2 atom stereocenters. The summed E-state index contributed by atoms with van der Waals surface area (Å²) >= 11 is 12.9. The van der Waals surface area contributed by atoms with E-state index in [0.29, 0.717) is 22.7 Å². The summed E-state index contributed by atoms with van der Waals surface area (Å²) in [7, 11) is 0. The maximum Gasteiger partial charge on any atom is 0.248 e. The first-order valence-corrected chi connectivity index (χ1v) is 10.3. The Kier molecular flexibility index (Phi) is 6.24. The van der Waals surface area contributed by atoms with E-state index in [1.54, 1.807) is 43.3 Å². The van der Waals surface area contributed by atoms with Crippen molar-refractivity contribution in [2.45, 2.75) is 24.9 Å². The third-order valence-electron chi connectivity index (χ3n) is 4.40. The van der Waals surface area contributed by atoms with Gasteiger partial charge in [-0.1, -0.05) is 35.9 Å². The molecule has 2 aromatic rings. The van der Waals surface area contributed by atoms with Gasteiger partial charge in [0.1, 0.15) is 5.67 Å². The monoisotopic (exact) mass is 511 g/mol. The molecule has 1 N–H and O–H groups in total. The number of rotatable bonds is 5. The van der Waals surface area contributed by atoms with Crippen LogP contribution in [0.25, 0.3) is 0 Å². The molecule has 3 rings (SSSR count). The molecule has 140 valence electrons. The van der Waals surface area contributed by atoms with Gasteiger partial charge in [0.15, 0.2) is 0 Å². The molecule has 1 saturated carbocycles. The van der Waals surface area contributed by atoms with Crippen molar-refractivity contribution in [3.05, 3.63) is 85.8 Å². The van der Waals surface area contributed by atoms with Crippen molar-refractivity contribution in [1.29, 1.82) is 0 Å². The number of amides is 1. The van der Waals surface area contributed by atoms with Crippen LogP contribution in [0.3, 0.4) is 0 Å². The Balaban J connectivity index is 1.63. The van der Waals surface area contributed by atoms with Gasteiger partial charge >= 0.3 is 0 Å². The predicted molar refractivity (Wildman–Crippen MR) is 116 cm³/mol. The number of carbonyl (C=O) groups is 1. The van der Waals surface area contributed by atoms with E-state index in [1.165, 1.54) is 6.08 Å². The van der Waals surface area contributed by atoms with E-state index in [1.807, 2.05) is 18.2 Å². The first kappa shape index (κ1) is 20.3. The van der Waals surface area contributed by atoms with Gasteiger partial charge in [-0.2, -0.15) is 0 Å². The minimum absolute atomic E-state index is 0.164. The van der Waals surface area contributed by atoms with Gasteiger partial charge in [-0.15, -0.1) is 0 Å². The molecule has 2 unspecified atom stereocenters. The quantitative estimate of drug-likeness (QED) is 0.332. The van der Waals surface area contributed by atoms with Crippen LogP contribution in [0.1, 0.15) is 24.8 Å². The second-order valence-corrected chi connectivity index (χ2v) is 8.66. The number of halogens is 4. The number of alkyl halides is 1. The van der Waals surface area contributed by atoms with Crippen molar-refractivity contribution in [3.8, 4) is 0 Å². The molecule has 1 aliphatic rings. The predicted octanol–water partition coefficient (Wildman–Crippen LogP) is 7.20. The van der Waals surface area contributed by atoms with Crippen molar-refractivity contribution >= 4 is 55.1 Å². The summed E-state index contributed by atoms with van der Waals surface area (Å²) in [6.07, 6.45) is 5.07. The Bertz CT molecular complexity index is 944. The van der Waals surface area contributed by atoms with Crippen LogP contribution in [0.5, 0.6) is 0 Å². The molecule has 0 bridgehead atoms. The van der Waals surface area contributed by atoms with E-state index in [-0.39, 0.29) is 11.8 Å². The molecule has 0 radical (unpaired) electrons. The molecular weight excluding hydrogens is 496 g/mol. The second-order valence-electron chi connectivity index (χ2n) is 6.55. The van der Waals surface area contributed by atoms with Gasteiger partial charge in [-0.25, -0.2) is 4.39 Å². The Hall–Kier alpha value is -1.43. The van der Waals surface area contributed by atoms with Crippen molar-refractivity contribution in [3.63, 3.8) is 0 Å². The summed E-state index contributed by atoms with van der Waals surface area (Å²) in [6, 6.07) is 12.8. The fourth-order valence-electron chi connectivity index (χ4n) is 2.82. The van der Waals surface area contributed by atoms with E-state index in [2.05, 4.69) is 37.2 Å². The van der Waals surface area contributed by atoms with Gasteiger partial charge in [0.05, 0.1) is 10.7 Å². The lowest BCUT2D eigenvalue weighted by Crippen LogP contribution is -2.08. The summed E-state index contributed by atoms with van der Waals surface area (Å²) in [5, 5.41) is 3.18. The van der Waals surface area contributed by atoms with Gasteiger partial charge in [0, 0.05) is 20.9 Å². The van der Waals surface area contributed by atoms with Crippen molar-refractivity contribution < 1.29 is 9.18 Å². The summed E-state index contributed by atoms with van der Waals surface area (Å²) in [5.74, 6) is -0.467. The number of allylic oxidation sites excluding steroid dienone is 3. The van der Waals surface area contributed by atoms with Crippen molar-refractivity contribution in [2.75, 3.05) is 5.32 Å². The van der Waals surface area contributed by atoms with Crippen LogP contribution in [0.4, 0.5) is 10.1 Å². The Morgan fingerprint density at radius 1 is 1.26 bits per heavy atom. The first-order valence-electron chi connectivity index (χ1n) is 8.35. The van der Waals surface area contributed by atoms with Crippen LogP contribution in [0, 0.1) is 0 Å². The molecule has 2 aromatic carbocycles. The van der Waals surface area contributed by atoms with E-state index in [9.17, 15) is 9.18 Å². The summed E-state index contributed by atoms with van der Waals surface area (Å²) in [4.78, 5) is 12.1. The number of nitrogens with one attached hydrogen (secondary N) is 1. The average molecular weight is 514 g/mol. The van der Waals surface area contributed by atoms with Crippen LogP contribution in [-0.2, 0) is 4.79 Å². The Morgan fingerprint density at radius 3 is 2.70 bits per heavy atom. The molecule has 2 nitrogen and oxygen atoms in total. The number of hydrogen-bond acceptors (Lipinski definition) is 1. The molecular formula is C21H17Br2ClFNO. The highest BCUT2D eigenvalue weighted by atomic mass is 79.9. The number of benzene rings is 2. The number of para-hydroxylation sites is 1. The third-order valence-corrected chi connectivity index (χ3v) is 6.61. The number of anilines is 1. The highest BCUT2D eigenvalue weighted by Crippen LogP contribution is 2.56. The molecule has 1 aliphatic carbocycles. The molecule has 0 saturated heterocycles. The van der Waals surface area contributed by atoms with Gasteiger partial charge in [-0.3, -0.25) is 4.79 Å². The third kappa shape index (κ3) is 5.09. The minimum Gasteiger partial charge on any atom is -0.321 e. The molecule has 6 heteroatoms. The molecule has 0 aromatic heterocycles. The first-order chi connectivity index (χ1) is 12.8. The maximum atomic E-state index is 14.9. The van der Waals surface area contributed by atoms with E-state index in [0.717, 1.165) is 14.5 Å². The lowest BCUT2D eigenvalue weighted by atomic mass is 10.1. The maximum absolute atomic E-state index is 14.9. The Morgan fingerprint density at radius 2 is 2.00 bits per heavy atom. The molecule has 27 heavy (non-hydrogen) atoms. The van der Waals surface area contributed by atoms with Crippen LogP contribution in [0.2, 0.25) is 5.02 Å². The SMILES string of the molecule is CC(/C=C/C1(F)CC1c1ccc(Br)c(Br)c1)=C\C(=O)Nc1ccccc1Cl. The van der Waals surface area contributed by atoms with Crippen molar-refractivity contribution in [1.82, 2.24) is 0 Å². The van der Waals surface area contributed by atoms with Crippen LogP contribution >= 0.6 is 43.5 Å². The Labute approximate surface area is 179 Å². The molecule has 0 heterocycles. The zero-order chi connectivity index (χ0) is 19.6. The van der Waals surface area contributed by atoms with E-state index in [4.69, 9.17) is 11.6 Å². The summed E-state index contributed by atoms with van der Waals surface area (Å²) in [6.45, 7) is 1.76. The lowest BCUT2D eigenvalue weighted by Gasteiger charge is -2.05. The van der Waals surface area contributed by atoms with E-state index >= 15 is 0 Å². The summed E-state index contributed by atoms with van der Waals surface area (Å²) in [5.41, 5.74) is 0.790. The molecule has 0 spiro atoms. The number of hydrogen-bond donors (Lipinski definition) is 1. The van der Waals surface area contributed by atoms with Gasteiger partial charge in [-0.05, 0) is 86.7 Å². The molecule has 1 fully saturated rings. The topological polar surface area (TPSA) is 29.1 Å². The zero-order valence-electron chi connectivity index (χ0n) is 14.5. The minimum atomic E-state index is -1.37. The smallest absolute Gasteiger partial charge is 0.248 e. The molecule has 0 aliphatic heterocycles. The van der Waals surface area contributed by atoms with E-state index < -0.39 is 5.67 Å². The van der Waals surface area contributed by atoms with Gasteiger partial charge in [0.2, 0.25) is 5.91 Å². The van der Waals surface area contributed by atoms with Crippen LogP contribution in [-0.4, -0.2) is 11.6 Å².